The molecule has 2 heterocycles. The van der Waals surface area contributed by atoms with Gasteiger partial charge in [0, 0.05) is 36.7 Å². The first kappa shape index (κ1) is 13.8. The van der Waals surface area contributed by atoms with E-state index >= 15 is 0 Å². The highest BCUT2D eigenvalue weighted by Gasteiger charge is 2.07. The highest BCUT2D eigenvalue weighted by Crippen LogP contribution is 2.14. The minimum atomic E-state index is 0.817. The Morgan fingerprint density at radius 1 is 1.16 bits per heavy atom. The quantitative estimate of drug-likeness (QED) is 0.892. The van der Waals surface area contributed by atoms with Gasteiger partial charge in [-0.3, -0.25) is 4.98 Å². The van der Waals surface area contributed by atoms with Crippen LogP contribution >= 0.6 is 0 Å². The highest BCUT2D eigenvalue weighted by molar-refractivity contribution is 5.26. The van der Waals surface area contributed by atoms with Gasteiger partial charge in [0.15, 0.2) is 0 Å². The molecule has 2 rings (SSSR count). The third-order valence-corrected chi connectivity index (χ3v) is 3.56. The number of rotatable bonds is 5. The molecule has 0 aliphatic rings. The average molecular weight is 257 g/mol. The van der Waals surface area contributed by atoms with E-state index in [1.165, 1.54) is 17.0 Å². The molecule has 0 fully saturated rings. The van der Waals surface area contributed by atoms with Crippen molar-refractivity contribution in [2.75, 3.05) is 0 Å². The second-order valence-corrected chi connectivity index (χ2v) is 5.01. The molecule has 0 bridgehead atoms. The number of pyridine rings is 1. The van der Waals surface area contributed by atoms with Gasteiger partial charge in [0.05, 0.1) is 5.69 Å². The van der Waals surface area contributed by atoms with E-state index in [2.05, 4.69) is 53.8 Å². The predicted molar refractivity (Wildman–Crippen MR) is 79.1 cm³/mol. The summed E-state index contributed by atoms with van der Waals surface area (Å²) >= 11 is 0. The summed E-state index contributed by atoms with van der Waals surface area (Å²) in [6.45, 7) is 11.3. The maximum absolute atomic E-state index is 4.50. The summed E-state index contributed by atoms with van der Waals surface area (Å²) < 4.78 is 2.35. The first-order chi connectivity index (χ1) is 9.11. The van der Waals surface area contributed by atoms with E-state index in [4.69, 9.17) is 0 Å². The molecular formula is C16H23N3. The van der Waals surface area contributed by atoms with Crippen molar-refractivity contribution < 1.29 is 0 Å². The van der Waals surface area contributed by atoms with Crippen LogP contribution in [0.15, 0.2) is 24.3 Å². The Labute approximate surface area is 115 Å². The van der Waals surface area contributed by atoms with Crippen LogP contribution in [0.5, 0.6) is 0 Å². The Morgan fingerprint density at radius 3 is 2.58 bits per heavy atom. The Morgan fingerprint density at radius 2 is 1.95 bits per heavy atom. The minimum absolute atomic E-state index is 0.817. The van der Waals surface area contributed by atoms with Crippen LogP contribution in [0.25, 0.3) is 0 Å². The average Bonchev–Trinajstić information content (AvgIpc) is 2.64. The fourth-order valence-corrected chi connectivity index (χ4v) is 2.56. The van der Waals surface area contributed by atoms with Gasteiger partial charge < -0.3 is 9.88 Å². The number of aryl methyl sites for hydroxylation is 2. The molecule has 0 saturated heterocycles. The molecule has 0 aromatic carbocycles. The van der Waals surface area contributed by atoms with Gasteiger partial charge in [-0.15, -0.1) is 0 Å². The molecule has 0 saturated carbocycles. The van der Waals surface area contributed by atoms with Gasteiger partial charge in [-0.25, -0.2) is 0 Å². The zero-order chi connectivity index (χ0) is 13.8. The molecule has 0 aliphatic heterocycles. The van der Waals surface area contributed by atoms with Crippen molar-refractivity contribution in [3.8, 4) is 0 Å². The van der Waals surface area contributed by atoms with E-state index in [0.29, 0.717) is 0 Å². The van der Waals surface area contributed by atoms with Crippen LogP contribution in [-0.2, 0) is 19.6 Å². The van der Waals surface area contributed by atoms with Crippen molar-refractivity contribution in [1.29, 1.82) is 0 Å². The molecule has 19 heavy (non-hydrogen) atoms. The summed E-state index contributed by atoms with van der Waals surface area (Å²) in [4.78, 5) is 4.50. The van der Waals surface area contributed by atoms with Crippen molar-refractivity contribution in [3.63, 3.8) is 0 Å². The Bertz CT molecular complexity index is 555. The van der Waals surface area contributed by atoms with Crippen LogP contribution in [-0.4, -0.2) is 9.55 Å². The smallest absolute Gasteiger partial charge is 0.0544 e. The number of nitrogens with one attached hydrogen (secondary N) is 1. The van der Waals surface area contributed by atoms with Crippen molar-refractivity contribution >= 4 is 0 Å². The highest BCUT2D eigenvalue weighted by atomic mass is 15.0. The lowest BCUT2D eigenvalue weighted by Gasteiger charge is -2.07. The molecule has 0 aliphatic carbocycles. The Kier molecular flexibility index (Phi) is 4.38. The third kappa shape index (κ3) is 3.24. The standard InChI is InChI=1S/C16H23N3/c1-5-19-13(3)9-15(14(19)4)10-17-11-16-8-6-7-12(2)18-16/h6-9,17H,5,10-11H2,1-4H3. The maximum Gasteiger partial charge on any atom is 0.0544 e. The van der Waals surface area contributed by atoms with Crippen LogP contribution in [0.3, 0.4) is 0 Å². The first-order valence-electron chi connectivity index (χ1n) is 6.90. The van der Waals surface area contributed by atoms with Gasteiger partial charge in [-0.1, -0.05) is 6.07 Å². The predicted octanol–water partition coefficient (Wildman–Crippen LogP) is 3.12. The summed E-state index contributed by atoms with van der Waals surface area (Å²) in [5.41, 5.74) is 6.26. The van der Waals surface area contributed by atoms with Crippen molar-refractivity contribution in [2.24, 2.45) is 0 Å². The Hall–Kier alpha value is -1.61. The van der Waals surface area contributed by atoms with Crippen molar-refractivity contribution in [3.05, 3.63) is 52.6 Å². The number of hydrogen-bond donors (Lipinski definition) is 1. The maximum atomic E-state index is 4.50. The zero-order valence-electron chi connectivity index (χ0n) is 12.3. The molecule has 0 spiro atoms. The van der Waals surface area contributed by atoms with E-state index in [0.717, 1.165) is 31.0 Å². The van der Waals surface area contributed by atoms with E-state index in [1.807, 2.05) is 13.0 Å². The fraction of sp³-hybridized carbons (Fsp3) is 0.438. The topological polar surface area (TPSA) is 29.9 Å². The monoisotopic (exact) mass is 257 g/mol. The molecule has 102 valence electrons. The summed E-state index contributed by atoms with van der Waals surface area (Å²) in [5, 5.41) is 3.47. The van der Waals surface area contributed by atoms with E-state index in [9.17, 15) is 0 Å². The summed E-state index contributed by atoms with van der Waals surface area (Å²) in [6, 6.07) is 8.42. The minimum Gasteiger partial charge on any atom is -0.349 e. The number of hydrogen-bond acceptors (Lipinski definition) is 2. The van der Waals surface area contributed by atoms with Crippen molar-refractivity contribution in [2.45, 2.75) is 47.3 Å². The summed E-state index contributed by atoms with van der Waals surface area (Å²) in [6.07, 6.45) is 0. The lowest BCUT2D eigenvalue weighted by molar-refractivity contribution is 0.665. The van der Waals surface area contributed by atoms with Gasteiger partial charge in [-0.2, -0.15) is 0 Å². The zero-order valence-corrected chi connectivity index (χ0v) is 12.3. The van der Waals surface area contributed by atoms with Gasteiger partial charge in [-0.05, 0) is 51.5 Å². The fourth-order valence-electron chi connectivity index (χ4n) is 2.56. The molecule has 0 amide bonds. The molecule has 2 aromatic rings. The normalized spacial score (nSPS) is 10.9. The van der Waals surface area contributed by atoms with Gasteiger partial charge in [0.25, 0.3) is 0 Å². The molecule has 0 radical (unpaired) electrons. The summed E-state index contributed by atoms with van der Waals surface area (Å²) in [5.74, 6) is 0. The van der Waals surface area contributed by atoms with Crippen LogP contribution in [0.4, 0.5) is 0 Å². The van der Waals surface area contributed by atoms with E-state index in [-0.39, 0.29) is 0 Å². The van der Waals surface area contributed by atoms with E-state index < -0.39 is 0 Å². The number of nitrogens with zero attached hydrogens (tertiary/aromatic N) is 2. The lowest BCUT2D eigenvalue weighted by Crippen LogP contribution is -2.14. The van der Waals surface area contributed by atoms with Crippen LogP contribution in [0.2, 0.25) is 0 Å². The van der Waals surface area contributed by atoms with Crippen LogP contribution in [0.1, 0.15) is 35.3 Å². The molecule has 1 N–H and O–H groups in total. The van der Waals surface area contributed by atoms with Crippen molar-refractivity contribution in [1.82, 2.24) is 14.9 Å². The van der Waals surface area contributed by atoms with Crippen LogP contribution < -0.4 is 5.32 Å². The molecule has 0 atom stereocenters. The SMILES string of the molecule is CCn1c(C)cc(CNCc2cccc(C)n2)c1C. The number of aromatic nitrogens is 2. The Balaban J connectivity index is 1.96. The second-order valence-electron chi connectivity index (χ2n) is 5.01. The molecule has 0 unspecified atom stereocenters. The van der Waals surface area contributed by atoms with Gasteiger partial charge in [0.1, 0.15) is 0 Å². The molecule has 2 aromatic heterocycles. The van der Waals surface area contributed by atoms with E-state index in [1.54, 1.807) is 0 Å². The molecular weight excluding hydrogens is 234 g/mol. The summed E-state index contributed by atoms with van der Waals surface area (Å²) in [7, 11) is 0. The lowest BCUT2D eigenvalue weighted by atomic mass is 10.2. The largest absolute Gasteiger partial charge is 0.349 e. The van der Waals surface area contributed by atoms with Gasteiger partial charge >= 0.3 is 0 Å². The third-order valence-electron chi connectivity index (χ3n) is 3.56. The second kappa shape index (κ2) is 6.02. The first-order valence-corrected chi connectivity index (χ1v) is 6.90. The molecule has 3 heteroatoms. The molecule has 3 nitrogen and oxygen atoms in total. The van der Waals surface area contributed by atoms with Crippen LogP contribution in [0, 0.1) is 20.8 Å². The van der Waals surface area contributed by atoms with Gasteiger partial charge in [0.2, 0.25) is 0 Å².